The van der Waals surface area contributed by atoms with Crippen LogP contribution in [0.15, 0.2) is 42.5 Å². The maximum atomic E-state index is 12.9. The van der Waals surface area contributed by atoms with E-state index in [1.807, 2.05) is 4.90 Å². The normalized spacial score (nSPS) is 14.3. The smallest absolute Gasteiger partial charge is 0.416 e. The van der Waals surface area contributed by atoms with Gasteiger partial charge in [0.05, 0.1) is 43.6 Å². The van der Waals surface area contributed by atoms with Gasteiger partial charge in [-0.25, -0.2) is 4.79 Å². The van der Waals surface area contributed by atoms with Crippen molar-refractivity contribution in [2.24, 2.45) is 0 Å². The molecule has 0 aliphatic carbocycles. The van der Waals surface area contributed by atoms with Crippen molar-refractivity contribution in [3.63, 3.8) is 0 Å². The summed E-state index contributed by atoms with van der Waals surface area (Å²) in [4.78, 5) is 26.7. The number of esters is 1. The molecule has 1 aliphatic rings. The Morgan fingerprint density at radius 1 is 1.13 bits per heavy atom. The number of nitrogens with one attached hydrogen (secondary N) is 1. The Kier molecular flexibility index (Phi) is 6.61. The topological polar surface area (TPSA) is 67.9 Å². The van der Waals surface area contributed by atoms with Gasteiger partial charge in [-0.1, -0.05) is 18.2 Å². The lowest BCUT2D eigenvalue weighted by Gasteiger charge is -2.29. The highest BCUT2D eigenvalue weighted by Crippen LogP contribution is 2.30. The molecule has 160 valence electrons. The van der Waals surface area contributed by atoms with Gasteiger partial charge in [-0.05, 0) is 29.8 Å². The summed E-state index contributed by atoms with van der Waals surface area (Å²) >= 11 is 0. The number of methoxy groups -OCH3 is 1. The Hall–Kier alpha value is -3.07. The lowest BCUT2D eigenvalue weighted by atomic mass is 10.1. The van der Waals surface area contributed by atoms with Crippen molar-refractivity contribution >= 4 is 23.3 Å². The van der Waals surface area contributed by atoms with E-state index in [0.717, 1.165) is 17.8 Å². The van der Waals surface area contributed by atoms with E-state index in [-0.39, 0.29) is 23.2 Å². The highest BCUT2D eigenvalue weighted by molar-refractivity contribution is 6.02. The Morgan fingerprint density at radius 3 is 2.53 bits per heavy atom. The van der Waals surface area contributed by atoms with Crippen LogP contribution in [-0.2, 0) is 26.9 Å². The van der Waals surface area contributed by atoms with Crippen LogP contribution in [0.25, 0.3) is 0 Å². The maximum Gasteiger partial charge on any atom is 0.416 e. The van der Waals surface area contributed by atoms with Gasteiger partial charge in [0.2, 0.25) is 5.91 Å². The molecule has 0 atom stereocenters. The van der Waals surface area contributed by atoms with Crippen molar-refractivity contribution in [1.29, 1.82) is 0 Å². The number of amides is 1. The third-order valence-electron chi connectivity index (χ3n) is 4.68. The van der Waals surface area contributed by atoms with E-state index in [1.165, 1.54) is 19.2 Å². The minimum atomic E-state index is -4.49. The molecule has 3 rings (SSSR count). The van der Waals surface area contributed by atoms with Crippen molar-refractivity contribution in [2.75, 3.05) is 43.6 Å². The SMILES string of the molecule is COC(=O)c1cc(N2CCOCC2)ccc1NC(=O)Cc1cccc(C(F)(F)F)c1. The number of morpholine rings is 1. The molecule has 0 radical (unpaired) electrons. The van der Waals surface area contributed by atoms with E-state index in [4.69, 9.17) is 9.47 Å². The van der Waals surface area contributed by atoms with Gasteiger partial charge in [0.1, 0.15) is 0 Å². The molecule has 6 nitrogen and oxygen atoms in total. The number of carbonyl (C=O) groups is 2. The van der Waals surface area contributed by atoms with Crippen LogP contribution in [0.5, 0.6) is 0 Å². The number of rotatable bonds is 5. The van der Waals surface area contributed by atoms with E-state index in [0.29, 0.717) is 26.3 Å². The molecule has 1 saturated heterocycles. The van der Waals surface area contributed by atoms with E-state index in [1.54, 1.807) is 18.2 Å². The summed E-state index contributed by atoms with van der Waals surface area (Å²) in [6, 6.07) is 9.54. The van der Waals surface area contributed by atoms with Crippen LogP contribution in [0.1, 0.15) is 21.5 Å². The zero-order valence-electron chi connectivity index (χ0n) is 16.3. The van der Waals surface area contributed by atoms with Crippen molar-refractivity contribution in [2.45, 2.75) is 12.6 Å². The minimum absolute atomic E-state index is 0.166. The average Bonchev–Trinajstić information content (AvgIpc) is 2.73. The van der Waals surface area contributed by atoms with Crippen LogP contribution < -0.4 is 10.2 Å². The first-order valence-electron chi connectivity index (χ1n) is 9.29. The molecule has 1 fully saturated rings. The third-order valence-corrected chi connectivity index (χ3v) is 4.68. The molecule has 1 N–H and O–H groups in total. The Balaban J connectivity index is 1.78. The third kappa shape index (κ3) is 5.29. The molecule has 0 spiro atoms. The number of halogens is 3. The standard InChI is InChI=1S/C21H21F3N2O4/c1-29-20(28)17-13-16(26-7-9-30-10-8-26)5-6-18(17)25-19(27)12-14-3-2-4-15(11-14)21(22,23)24/h2-6,11,13H,7-10,12H2,1H3,(H,25,27). The van der Waals surface area contributed by atoms with E-state index >= 15 is 0 Å². The zero-order valence-corrected chi connectivity index (χ0v) is 16.3. The van der Waals surface area contributed by atoms with Crippen LogP contribution in [-0.4, -0.2) is 45.3 Å². The fraction of sp³-hybridized carbons (Fsp3) is 0.333. The van der Waals surface area contributed by atoms with Crippen molar-refractivity contribution in [3.05, 3.63) is 59.2 Å². The Labute approximate surface area is 171 Å². The van der Waals surface area contributed by atoms with Gasteiger partial charge in [0.25, 0.3) is 0 Å². The summed E-state index contributed by atoms with van der Waals surface area (Å²) in [7, 11) is 1.23. The second-order valence-electron chi connectivity index (χ2n) is 6.74. The van der Waals surface area contributed by atoms with Crippen LogP contribution >= 0.6 is 0 Å². The molecule has 0 aromatic heterocycles. The molecule has 0 bridgehead atoms. The lowest BCUT2D eigenvalue weighted by Crippen LogP contribution is -2.36. The summed E-state index contributed by atoms with van der Waals surface area (Å²) in [5, 5.41) is 2.60. The van der Waals surface area contributed by atoms with Crippen LogP contribution in [0.3, 0.4) is 0 Å². The first kappa shape index (κ1) is 21.6. The maximum absolute atomic E-state index is 12.9. The number of alkyl halides is 3. The fourth-order valence-corrected chi connectivity index (χ4v) is 3.18. The average molecular weight is 422 g/mol. The quantitative estimate of drug-likeness (QED) is 0.747. The van der Waals surface area contributed by atoms with Gasteiger partial charge < -0.3 is 19.7 Å². The van der Waals surface area contributed by atoms with Crippen LogP contribution in [0, 0.1) is 0 Å². The molecule has 1 amide bonds. The van der Waals surface area contributed by atoms with Gasteiger partial charge >= 0.3 is 12.1 Å². The van der Waals surface area contributed by atoms with Crippen LogP contribution in [0.4, 0.5) is 24.5 Å². The van der Waals surface area contributed by atoms with Gasteiger partial charge in [0, 0.05) is 18.8 Å². The van der Waals surface area contributed by atoms with Gasteiger partial charge in [-0.2, -0.15) is 13.2 Å². The zero-order chi connectivity index (χ0) is 21.7. The number of anilines is 2. The van der Waals surface area contributed by atoms with Gasteiger partial charge in [-0.3, -0.25) is 4.79 Å². The van der Waals surface area contributed by atoms with E-state index in [2.05, 4.69) is 5.32 Å². The molecule has 0 saturated carbocycles. The van der Waals surface area contributed by atoms with Crippen molar-refractivity contribution < 1.29 is 32.2 Å². The molecule has 30 heavy (non-hydrogen) atoms. The number of ether oxygens (including phenoxy) is 2. The number of carbonyl (C=O) groups excluding carboxylic acids is 2. The molecule has 2 aromatic rings. The molecular weight excluding hydrogens is 401 g/mol. The predicted octanol–water partition coefficient (Wildman–Crippen LogP) is 3.51. The second kappa shape index (κ2) is 9.17. The minimum Gasteiger partial charge on any atom is -0.465 e. The highest BCUT2D eigenvalue weighted by Gasteiger charge is 2.30. The monoisotopic (exact) mass is 422 g/mol. The largest absolute Gasteiger partial charge is 0.465 e. The number of benzene rings is 2. The van der Waals surface area contributed by atoms with E-state index < -0.39 is 23.6 Å². The first-order valence-corrected chi connectivity index (χ1v) is 9.29. The van der Waals surface area contributed by atoms with Gasteiger partial charge in [0.15, 0.2) is 0 Å². The second-order valence-corrected chi connectivity index (χ2v) is 6.74. The molecule has 1 heterocycles. The highest BCUT2D eigenvalue weighted by atomic mass is 19.4. The Bertz CT molecular complexity index is 925. The van der Waals surface area contributed by atoms with Gasteiger partial charge in [-0.15, -0.1) is 0 Å². The number of nitrogens with zero attached hydrogens (tertiary/aromatic N) is 1. The Morgan fingerprint density at radius 2 is 1.87 bits per heavy atom. The van der Waals surface area contributed by atoms with E-state index in [9.17, 15) is 22.8 Å². The summed E-state index contributed by atoms with van der Waals surface area (Å²) in [6.45, 7) is 2.48. The van der Waals surface area contributed by atoms with Crippen molar-refractivity contribution in [3.8, 4) is 0 Å². The van der Waals surface area contributed by atoms with Crippen LogP contribution in [0.2, 0.25) is 0 Å². The number of hydrogen-bond acceptors (Lipinski definition) is 5. The van der Waals surface area contributed by atoms with Crippen molar-refractivity contribution in [1.82, 2.24) is 0 Å². The fourth-order valence-electron chi connectivity index (χ4n) is 3.18. The predicted molar refractivity (Wildman–Crippen MR) is 105 cm³/mol. The molecule has 2 aromatic carbocycles. The number of hydrogen-bond donors (Lipinski definition) is 1. The molecule has 0 unspecified atom stereocenters. The first-order chi connectivity index (χ1) is 14.3. The summed E-state index contributed by atoms with van der Waals surface area (Å²) in [5.74, 6) is -1.17. The summed E-state index contributed by atoms with van der Waals surface area (Å²) in [6.07, 6.45) is -4.75. The summed E-state index contributed by atoms with van der Waals surface area (Å²) in [5.41, 5.74) is 0.578. The molecule has 9 heteroatoms. The lowest BCUT2D eigenvalue weighted by molar-refractivity contribution is -0.137. The summed E-state index contributed by atoms with van der Waals surface area (Å²) < 4.78 is 48.7. The molecule has 1 aliphatic heterocycles. The molecular formula is C21H21F3N2O4.